The number of aliphatic hydroxyl groups excluding tert-OH is 1. The molecule has 2 aliphatic heterocycles. The third kappa shape index (κ3) is 16.3. The van der Waals surface area contributed by atoms with Crippen LogP contribution >= 0.6 is 11.3 Å². The van der Waals surface area contributed by atoms with E-state index >= 15 is 0 Å². The van der Waals surface area contributed by atoms with Crippen molar-refractivity contribution >= 4 is 46.3 Å². The van der Waals surface area contributed by atoms with Gasteiger partial charge in [-0.2, -0.15) is 0 Å². The van der Waals surface area contributed by atoms with E-state index < -0.39 is 29.5 Å². The number of aliphatic hydroxyl groups is 1. The first-order chi connectivity index (χ1) is 37.4. The Morgan fingerprint density at radius 1 is 0.818 bits per heavy atom. The van der Waals surface area contributed by atoms with Crippen LogP contribution in [0, 0.1) is 12.3 Å². The first-order valence-electron chi connectivity index (χ1n) is 26.4. The molecule has 6 heterocycles. The molecule has 0 radical (unpaired) electrons. The van der Waals surface area contributed by atoms with Crippen LogP contribution in [-0.4, -0.2) is 181 Å². The predicted molar refractivity (Wildman–Crippen MR) is 291 cm³/mol. The molecule has 2 fully saturated rings. The van der Waals surface area contributed by atoms with E-state index in [1.165, 1.54) is 10.6 Å². The molecule has 0 unspecified atom stereocenters. The summed E-state index contributed by atoms with van der Waals surface area (Å²) in [7, 11) is 0. The lowest BCUT2D eigenvalue weighted by Crippen LogP contribution is -2.57. The van der Waals surface area contributed by atoms with Crippen molar-refractivity contribution in [2.45, 2.75) is 71.8 Å². The number of anilines is 2. The number of benzene rings is 2. The summed E-state index contributed by atoms with van der Waals surface area (Å²) in [5, 5.41) is 28.2. The summed E-state index contributed by atoms with van der Waals surface area (Å²) in [5.41, 5.74) is 7.92. The molecular formula is C55H73N11O10S. The van der Waals surface area contributed by atoms with Gasteiger partial charge in [0.25, 0.3) is 0 Å². The zero-order valence-corrected chi connectivity index (χ0v) is 45.4. The fraction of sp³-hybridized carbons (Fsp3) is 0.509. The quantitative estimate of drug-likeness (QED) is 0.0461. The molecule has 4 N–H and O–H groups in total. The zero-order chi connectivity index (χ0) is 54.0. The van der Waals surface area contributed by atoms with Crippen molar-refractivity contribution in [2.75, 3.05) is 116 Å². The maximum Gasteiger partial charge on any atom is 0.246 e. The normalized spacial score (nSPS) is 16.5. The third-order valence-electron chi connectivity index (χ3n) is 13.5. The molecule has 0 spiro atoms. The number of hydrogen-bond donors (Lipinski definition) is 4. The number of likely N-dealkylation sites (tertiary alicyclic amines) is 1. The molecule has 0 aliphatic carbocycles. The number of rotatable bonds is 29. The van der Waals surface area contributed by atoms with Gasteiger partial charge in [0.15, 0.2) is 5.65 Å². The molecule has 21 nitrogen and oxygen atoms in total. The van der Waals surface area contributed by atoms with Gasteiger partial charge in [-0.25, -0.2) is 9.97 Å². The van der Waals surface area contributed by atoms with Gasteiger partial charge in [-0.3, -0.25) is 23.7 Å². The number of β-amino-alcohol motifs (C(OH)–C–C–N with tert-alkyl or cyclic N) is 1. The van der Waals surface area contributed by atoms with Crippen LogP contribution in [0.5, 0.6) is 0 Å². The fourth-order valence-corrected chi connectivity index (χ4v) is 9.98. The van der Waals surface area contributed by atoms with Crippen LogP contribution in [0.25, 0.3) is 27.2 Å². The largest absolute Gasteiger partial charge is 0.467 e. The number of ether oxygens (including phenoxy) is 5. The Morgan fingerprint density at radius 2 is 1.48 bits per heavy atom. The molecule has 414 valence electrons. The highest BCUT2D eigenvalue weighted by Gasteiger charge is 2.44. The van der Waals surface area contributed by atoms with Gasteiger partial charge in [-0.05, 0) is 53.3 Å². The lowest BCUT2D eigenvalue weighted by atomic mass is 9.85. The molecule has 0 bridgehead atoms. The summed E-state index contributed by atoms with van der Waals surface area (Å²) in [6.07, 6.45) is 4.43. The number of carbonyl (C=O) groups is 3. The highest BCUT2D eigenvalue weighted by atomic mass is 32.1. The summed E-state index contributed by atoms with van der Waals surface area (Å²) >= 11 is 1.58. The number of nitrogens with zero attached hydrogens (tertiary/aromatic N) is 8. The lowest BCUT2D eigenvalue weighted by molar-refractivity contribution is -0.144. The molecule has 6 aromatic rings. The Labute approximate surface area is 453 Å². The van der Waals surface area contributed by atoms with Crippen LogP contribution in [0.3, 0.4) is 0 Å². The number of aryl methyl sites for hydroxylation is 1. The molecule has 3 amide bonds. The Bertz CT molecular complexity index is 2760. The van der Waals surface area contributed by atoms with Crippen LogP contribution in [0.4, 0.5) is 11.6 Å². The van der Waals surface area contributed by atoms with Gasteiger partial charge in [0.1, 0.15) is 24.2 Å². The average Bonchev–Trinajstić information content (AvgIpc) is 4.32. The predicted octanol–water partition coefficient (Wildman–Crippen LogP) is 4.83. The minimum Gasteiger partial charge on any atom is -0.467 e. The summed E-state index contributed by atoms with van der Waals surface area (Å²) < 4.78 is 35.6. The molecule has 4 aromatic heterocycles. The third-order valence-corrected chi connectivity index (χ3v) is 14.5. The first-order valence-corrected chi connectivity index (χ1v) is 27.3. The monoisotopic (exact) mass is 1080 g/mol. The number of carbonyl (C=O) groups excluding carboxylic acids is 3. The topological polar surface area (TPSA) is 233 Å². The van der Waals surface area contributed by atoms with Gasteiger partial charge >= 0.3 is 0 Å². The number of aromatic nitrogens is 5. The second kappa shape index (κ2) is 28.3. The van der Waals surface area contributed by atoms with Gasteiger partial charge in [0.05, 0.1) is 101 Å². The molecule has 2 saturated heterocycles. The number of thiazole rings is 1. The van der Waals surface area contributed by atoms with Crippen LogP contribution in [0.2, 0.25) is 0 Å². The summed E-state index contributed by atoms with van der Waals surface area (Å²) in [6, 6.07) is 18.4. The smallest absolute Gasteiger partial charge is 0.246 e. The van der Waals surface area contributed by atoms with Crippen molar-refractivity contribution < 1.29 is 47.6 Å². The van der Waals surface area contributed by atoms with Gasteiger partial charge in [-0.1, -0.05) is 57.2 Å². The molecule has 3 atom stereocenters. The Kier molecular flexibility index (Phi) is 20.9. The van der Waals surface area contributed by atoms with Crippen molar-refractivity contribution in [3.05, 3.63) is 102 Å². The number of fused-ring (bicyclic) bond motifs is 1. The second-order valence-electron chi connectivity index (χ2n) is 20.1. The number of amides is 3. The average molecular weight is 1080 g/mol. The van der Waals surface area contributed by atoms with Crippen LogP contribution < -0.4 is 20.9 Å². The SMILES string of the molecule is Cc1ncsc1-c1ccc(CNC(=O)[C@@H]2C[C@@H](O)CN2C(=O)[C@@H](NC(=O)CCOCCOCCOCCOCCOCCN2CCN(c3ccc(-c4cnc(NCc5ccco5)n5cnnc45)cc3)CC2)C(C)(C)C)cc1. The van der Waals surface area contributed by atoms with Gasteiger partial charge in [0, 0.05) is 76.1 Å². The minimum absolute atomic E-state index is 0.000550. The summed E-state index contributed by atoms with van der Waals surface area (Å²) in [5.74, 6) is 0.332. The Balaban J connectivity index is 0.610. The van der Waals surface area contributed by atoms with Crippen LogP contribution in [-0.2, 0) is 51.2 Å². The Hall–Kier alpha value is -6.37. The Morgan fingerprint density at radius 3 is 2.12 bits per heavy atom. The van der Waals surface area contributed by atoms with Gasteiger partial charge in [0.2, 0.25) is 23.7 Å². The molecular weight excluding hydrogens is 1010 g/mol. The lowest BCUT2D eigenvalue weighted by Gasteiger charge is -2.36. The van der Waals surface area contributed by atoms with E-state index in [1.54, 1.807) is 23.9 Å². The van der Waals surface area contributed by atoms with Gasteiger partial charge < -0.3 is 59.0 Å². The van der Waals surface area contributed by atoms with Crippen molar-refractivity contribution in [1.29, 1.82) is 0 Å². The maximum absolute atomic E-state index is 14.0. The standard InChI is InChI=1S/C55H73N11O10S/c1-39-49(77-38-59-39)42-9-7-40(8-10-42)33-56-52(69)47-32-44(67)36-65(47)53(70)50(55(2,3)4)61-48(68)15-22-71-24-26-73-28-30-75-31-29-74-27-25-72-23-20-63-16-18-64(19-17-63)43-13-11-41(12-14-43)46-35-58-54(66-37-60-62-51(46)66)57-34-45-6-5-21-76-45/h5-14,21,35,37-38,44,47,50,67H,15-20,22-34,36H2,1-4H3,(H,56,69)(H,57,58)(H,61,68)/t44-,47+,50-/m1/s1. The number of furan rings is 1. The molecule has 0 saturated carbocycles. The maximum atomic E-state index is 14.0. The fourth-order valence-electron chi connectivity index (χ4n) is 9.17. The minimum atomic E-state index is -0.922. The van der Waals surface area contributed by atoms with E-state index in [0.717, 1.165) is 77.0 Å². The summed E-state index contributed by atoms with van der Waals surface area (Å²) in [4.78, 5) is 56.7. The molecule has 2 aromatic carbocycles. The zero-order valence-electron chi connectivity index (χ0n) is 44.6. The highest BCUT2D eigenvalue weighted by Crippen LogP contribution is 2.30. The molecule has 22 heteroatoms. The highest BCUT2D eigenvalue weighted by molar-refractivity contribution is 7.13. The summed E-state index contributed by atoms with van der Waals surface area (Å²) in [6.45, 7) is 17.1. The molecule has 2 aliphatic rings. The second-order valence-corrected chi connectivity index (χ2v) is 20.9. The van der Waals surface area contributed by atoms with E-state index in [-0.39, 0.29) is 44.4 Å². The van der Waals surface area contributed by atoms with E-state index in [4.69, 9.17) is 28.1 Å². The van der Waals surface area contributed by atoms with Crippen molar-refractivity contribution in [2.24, 2.45) is 5.41 Å². The van der Waals surface area contributed by atoms with E-state index in [9.17, 15) is 19.5 Å². The number of hydrogen-bond acceptors (Lipinski definition) is 18. The van der Waals surface area contributed by atoms with E-state index in [1.807, 2.05) is 80.2 Å². The van der Waals surface area contributed by atoms with Crippen LogP contribution in [0.1, 0.15) is 50.6 Å². The van der Waals surface area contributed by atoms with Crippen LogP contribution in [0.15, 0.2) is 89.4 Å². The molecule has 8 rings (SSSR count). The van der Waals surface area contributed by atoms with Crippen molar-refractivity contribution in [1.82, 2.24) is 45.0 Å². The van der Waals surface area contributed by atoms with E-state index in [0.29, 0.717) is 72.0 Å². The van der Waals surface area contributed by atoms with Gasteiger partial charge in [-0.15, -0.1) is 21.5 Å². The molecule has 77 heavy (non-hydrogen) atoms. The van der Waals surface area contributed by atoms with Crippen molar-refractivity contribution in [3.8, 4) is 21.6 Å². The van der Waals surface area contributed by atoms with Crippen molar-refractivity contribution in [3.63, 3.8) is 0 Å². The van der Waals surface area contributed by atoms with E-state index in [2.05, 4.69) is 70.2 Å². The first kappa shape index (κ1) is 56.8. The number of piperazine rings is 1. The number of nitrogens with one attached hydrogen (secondary N) is 3.